The molecule has 1 aromatic heterocycles. The zero-order valence-electron chi connectivity index (χ0n) is 12.5. The Balaban J connectivity index is 2.16. The quantitative estimate of drug-likeness (QED) is 0.898. The summed E-state index contributed by atoms with van der Waals surface area (Å²) in [6.07, 6.45) is 2.64. The second kappa shape index (κ2) is 5.94. The fourth-order valence-electron chi connectivity index (χ4n) is 2.50. The van der Waals surface area contributed by atoms with Crippen LogP contribution in [-0.4, -0.2) is 28.2 Å². The van der Waals surface area contributed by atoms with E-state index >= 15 is 0 Å². The second-order valence-electron chi connectivity index (χ2n) is 5.85. The van der Waals surface area contributed by atoms with E-state index in [2.05, 4.69) is 5.32 Å². The number of pyridine rings is 1. The number of hydrogen-bond acceptors (Lipinski definition) is 3. The predicted octanol–water partition coefficient (Wildman–Crippen LogP) is 2.24. The highest BCUT2D eigenvalue weighted by molar-refractivity contribution is 6.31. The first-order valence-corrected chi connectivity index (χ1v) is 7.76. The molecule has 0 aliphatic heterocycles. The van der Waals surface area contributed by atoms with Crippen LogP contribution in [-0.2, 0) is 0 Å². The maximum absolute atomic E-state index is 13.8. The molecule has 0 saturated heterocycles. The lowest BCUT2D eigenvalue weighted by molar-refractivity contribution is 0.0922. The number of carbonyl (C=O) groups excluding carboxylic acids is 1. The summed E-state index contributed by atoms with van der Waals surface area (Å²) in [4.78, 5) is 24.7. The molecule has 1 aromatic carbocycles. The van der Waals surface area contributed by atoms with Crippen molar-refractivity contribution in [3.05, 3.63) is 45.0 Å². The van der Waals surface area contributed by atoms with Gasteiger partial charge in [0.1, 0.15) is 11.4 Å². The van der Waals surface area contributed by atoms with Crippen LogP contribution in [0.25, 0.3) is 10.9 Å². The van der Waals surface area contributed by atoms with E-state index in [0.717, 1.165) is 18.9 Å². The molecule has 1 amide bonds. The molecule has 0 bridgehead atoms. The van der Waals surface area contributed by atoms with Crippen LogP contribution in [0.1, 0.15) is 36.2 Å². The van der Waals surface area contributed by atoms with Gasteiger partial charge in [0.05, 0.1) is 16.6 Å². The van der Waals surface area contributed by atoms with E-state index in [0.29, 0.717) is 5.52 Å². The minimum absolute atomic E-state index is 0.0364. The average Bonchev–Trinajstić information content (AvgIpc) is 3.32. The number of amides is 1. The summed E-state index contributed by atoms with van der Waals surface area (Å²) in [5.41, 5.74) is -0.0849. The molecule has 2 aromatic rings. The molecule has 1 saturated carbocycles. The van der Waals surface area contributed by atoms with Gasteiger partial charge in [-0.25, -0.2) is 4.39 Å². The van der Waals surface area contributed by atoms with Gasteiger partial charge < -0.3 is 15.0 Å². The van der Waals surface area contributed by atoms with Crippen molar-refractivity contribution in [3.8, 4) is 0 Å². The normalized spacial score (nSPS) is 15.7. The van der Waals surface area contributed by atoms with Gasteiger partial charge in [-0.2, -0.15) is 0 Å². The van der Waals surface area contributed by atoms with E-state index in [4.69, 9.17) is 11.6 Å². The van der Waals surface area contributed by atoms with Crippen LogP contribution in [0.2, 0.25) is 5.02 Å². The van der Waals surface area contributed by atoms with Crippen LogP contribution in [0.4, 0.5) is 4.39 Å². The number of aromatic nitrogens is 1. The van der Waals surface area contributed by atoms with Gasteiger partial charge in [0.15, 0.2) is 0 Å². The maximum Gasteiger partial charge on any atom is 0.256 e. The molecule has 0 spiro atoms. The van der Waals surface area contributed by atoms with Gasteiger partial charge in [-0.05, 0) is 31.9 Å². The van der Waals surface area contributed by atoms with E-state index < -0.39 is 23.3 Å². The minimum atomic E-state index is -0.721. The Hall–Kier alpha value is -1.92. The molecule has 1 aliphatic rings. The van der Waals surface area contributed by atoms with Crippen LogP contribution in [0, 0.1) is 5.82 Å². The van der Waals surface area contributed by atoms with Gasteiger partial charge in [0, 0.05) is 24.2 Å². The third-order valence-electron chi connectivity index (χ3n) is 3.82. The first-order chi connectivity index (χ1) is 10.9. The smallest absolute Gasteiger partial charge is 0.256 e. The Morgan fingerprint density at radius 1 is 1.52 bits per heavy atom. The number of hydrogen-bond donors (Lipinski definition) is 2. The summed E-state index contributed by atoms with van der Waals surface area (Å²) in [5.74, 6) is -1.28. The first-order valence-electron chi connectivity index (χ1n) is 7.38. The second-order valence-corrected chi connectivity index (χ2v) is 6.26. The van der Waals surface area contributed by atoms with Gasteiger partial charge in [-0.1, -0.05) is 11.6 Å². The van der Waals surface area contributed by atoms with Crippen molar-refractivity contribution in [1.29, 1.82) is 0 Å². The molecule has 3 rings (SSSR count). The lowest BCUT2D eigenvalue weighted by atomic mass is 10.1. The monoisotopic (exact) mass is 338 g/mol. The van der Waals surface area contributed by atoms with Crippen molar-refractivity contribution >= 4 is 28.4 Å². The Kier molecular flexibility index (Phi) is 4.12. The van der Waals surface area contributed by atoms with E-state index in [1.807, 2.05) is 0 Å². The van der Waals surface area contributed by atoms with Gasteiger partial charge in [0.2, 0.25) is 5.43 Å². The van der Waals surface area contributed by atoms with Crippen molar-refractivity contribution < 1.29 is 14.3 Å². The molecule has 1 atom stereocenters. The van der Waals surface area contributed by atoms with Crippen molar-refractivity contribution in [1.82, 2.24) is 9.88 Å². The highest BCUT2D eigenvalue weighted by Crippen LogP contribution is 2.37. The topological polar surface area (TPSA) is 71.3 Å². The summed E-state index contributed by atoms with van der Waals surface area (Å²) in [6.45, 7) is 1.56. The number of halogens is 2. The molecule has 5 nitrogen and oxygen atoms in total. The van der Waals surface area contributed by atoms with Crippen LogP contribution < -0.4 is 10.7 Å². The molecule has 1 aliphatic carbocycles. The lowest BCUT2D eigenvalue weighted by Gasteiger charge is -2.14. The number of carbonyl (C=O) groups is 1. The Morgan fingerprint density at radius 3 is 2.83 bits per heavy atom. The van der Waals surface area contributed by atoms with Crippen molar-refractivity contribution in [2.75, 3.05) is 6.54 Å². The fraction of sp³-hybridized carbons (Fsp3) is 0.375. The average molecular weight is 339 g/mol. The SMILES string of the molecule is CC(O)CNC(=O)c1cn(C2CC2)c2cc(Cl)c(F)cc2c1=O. The van der Waals surface area contributed by atoms with Crippen LogP contribution in [0.3, 0.4) is 0 Å². The Labute approximate surface area is 136 Å². The molecular formula is C16H16ClFN2O3. The van der Waals surface area contributed by atoms with Crippen LogP contribution in [0.15, 0.2) is 23.1 Å². The van der Waals surface area contributed by atoms with Crippen molar-refractivity contribution in [3.63, 3.8) is 0 Å². The fourth-order valence-corrected chi connectivity index (χ4v) is 2.65. The maximum atomic E-state index is 13.8. The third kappa shape index (κ3) is 3.09. The third-order valence-corrected chi connectivity index (χ3v) is 4.11. The van der Waals surface area contributed by atoms with E-state index in [-0.39, 0.29) is 28.6 Å². The minimum Gasteiger partial charge on any atom is -0.392 e. The predicted molar refractivity (Wildman–Crippen MR) is 85.5 cm³/mol. The molecule has 1 unspecified atom stereocenters. The first kappa shape index (κ1) is 16.0. The number of fused-ring (bicyclic) bond motifs is 1. The molecule has 2 N–H and O–H groups in total. The summed E-state index contributed by atoms with van der Waals surface area (Å²) in [7, 11) is 0. The molecule has 1 heterocycles. The Morgan fingerprint density at radius 2 is 2.22 bits per heavy atom. The van der Waals surface area contributed by atoms with Gasteiger partial charge in [-0.15, -0.1) is 0 Å². The number of nitrogens with zero attached hydrogens (tertiary/aromatic N) is 1. The van der Waals surface area contributed by atoms with E-state index in [9.17, 15) is 19.1 Å². The molecule has 23 heavy (non-hydrogen) atoms. The number of rotatable bonds is 4. The van der Waals surface area contributed by atoms with Crippen molar-refractivity contribution in [2.45, 2.75) is 31.9 Å². The van der Waals surface area contributed by atoms with E-state index in [1.54, 1.807) is 4.57 Å². The van der Waals surface area contributed by atoms with Gasteiger partial charge >= 0.3 is 0 Å². The summed E-state index contributed by atoms with van der Waals surface area (Å²) >= 11 is 5.83. The van der Waals surface area contributed by atoms with Crippen LogP contribution in [0.5, 0.6) is 0 Å². The lowest BCUT2D eigenvalue weighted by Crippen LogP contribution is -2.34. The molecule has 0 radical (unpaired) electrons. The summed E-state index contributed by atoms with van der Waals surface area (Å²) in [6, 6.07) is 2.68. The zero-order chi connectivity index (χ0) is 16.7. The van der Waals surface area contributed by atoms with Crippen molar-refractivity contribution in [2.24, 2.45) is 0 Å². The molecular weight excluding hydrogens is 323 g/mol. The number of aliphatic hydroxyl groups excluding tert-OH is 1. The molecule has 7 heteroatoms. The molecule has 122 valence electrons. The molecule has 1 fully saturated rings. The number of nitrogens with one attached hydrogen (secondary N) is 1. The summed E-state index contributed by atoms with van der Waals surface area (Å²) < 4.78 is 15.6. The standard InChI is InChI=1S/C16H16ClFN2O3/c1-8(21)6-19-16(23)11-7-20(9-2-3-9)14-5-12(17)13(18)4-10(14)15(11)22/h4-5,7-9,21H,2-3,6H2,1H3,(H,19,23). The van der Waals surface area contributed by atoms with Crippen LogP contribution >= 0.6 is 11.6 Å². The van der Waals surface area contributed by atoms with Gasteiger partial charge in [0.25, 0.3) is 5.91 Å². The van der Waals surface area contributed by atoms with E-state index in [1.165, 1.54) is 19.2 Å². The highest BCUT2D eigenvalue weighted by atomic mass is 35.5. The summed E-state index contributed by atoms with van der Waals surface area (Å²) in [5, 5.41) is 11.8. The van der Waals surface area contributed by atoms with Gasteiger partial charge in [-0.3, -0.25) is 9.59 Å². The highest BCUT2D eigenvalue weighted by Gasteiger charge is 2.27. The number of aliphatic hydroxyl groups is 1. The largest absolute Gasteiger partial charge is 0.392 e. The number of benzene rings is 1. The Bertz CT molecular complexity index is 843. The zero-order valence-corrected chi connectivity index (χ0v) is 13.2.